The first-order chi connectivity index (χ1) is 15.8. The van der Waals surface area contributed by atoms with Crippen molar-refractivity contribution in [3.8, 4) is 11.5 Å². The highest BCUT2D eigenvalue weighted by Gasteiger charge is 2.18. The molecule has 0 aliphatic rings. The Labute approximate surface area is 189 Å². The van der Waals surface area contributed by atoms with Crippen molar-refractivity contribution in [3.05, 3.63) is 88.5 Å². The van der Waals surface area contributed by atoms with E-state index in [0.717, 1.165) is 0 Å². The minimum Gasteiger partial charge on any atom is -0.455 e. The number of nitro benzene ring substituents is 1. The number of hydrogen-bond acceptors (Lipinski definition) is 6. The van der Waals surface area contributed by atoms with Crippen LogP contribution in [0.1, 0.15) is 23.7 Å². The van der Waals surface area contributed by atoms with E-state index in [9.17, 15) is 19.7 Å². The van der Waals surface area contributed by atoms with Crippen molar-refractivity contribution in [2.75, 3.05) is 4.90 Å². The molecule has 4 N–H and O–H groups in total. The Kier molecular flexibility index (Phi) is 7.09. The minimum atomic E-state index is -0.771. The number of anilines is 2. The number of nitrogens with two attached hydrogens (primary N) is 2. The van der Waals surface area contributed by atoms with E-state index in [1.807, 2.05) is 6.92 Å². The van der Waals surface area contributed by atoms with Gasteiger partial charge in [-0.3, -0.25) is 19.8 Å². The van der Waals surface area contributed by atoms with Gasteiger partial charge in [-0.2, -0.15) is 0 Å². The van der Waals surface area contributed by atoms with Crippen molar-refractivity contribution >= 4 is 29.0 Å². The molecule has 3 amide bonds. The number of non-ortho nitro benzene ring substituents is 1. The fourth-order valence-corrected chi connectivity index (χ4v) is 3.04. The van der Waals surface area contributed by atoms with Crippen LogP contribution in [-0.2, 0) is 0 Å². The summed E-state index contributed by atoms with van der Waals surface area (Å²) in [5, 5.41) is 10.9. The highest BCUT2D eigenvalue weighted by molar-refractivity contribution is 5.98. The highest BCUT2D eigenvalue weighted by atomic mass is 16.7. The summed E-state index contributed by atoms with van der Waals surface area (Å²) in [5.41, 5.74) is 11.8. The summed E-state index contributed by atoms with van der Waals surface area (Å²) < 4.78 is 11.7. The molecular weight excluding hydrogens is 428 g/mol. The fraction of sp³-hybridized carbons (Fsp3) is 0.130. The lowest BCUT2D eigenvalue weighted by molar-refractivity contribution is -0.384. The zero-order valence-electron chi connectivity index (χ0n) is 17.7. The zero-order valence-corrected chi connectivity index (χ0v) is 17.7. The van der Waals surface area contributed by atoms with Gasteiger partial charge in [-0.15, -0.1) is 0 Å². The van der Waals surface area contributed by atoms with Crippen LogP contribution in [-0.4, -0.2) is 23.2 Å². The third kappa shape index (κ3) is 5.76. The Morgan fingerprint density at radius 1 is 0.939 bits per heavy atom. The number of amides is 3. The standard InChI is InChI=1S/C23H22N4O6/c1-2-21(32-19-7-3-5-15(13-19)22(24)28)33-20-8-4-6-18(14-20)26(23(25)29)16-9-11-17(12-10-16)27(30)31/h3-14,21H,2H2,1H3,(H2,24,28)(H2,25,29). The van der Waals surface area contributed by atoms with Crippen LogP contribution in [0.25, 0.3) is 0 Å². The third-order valence-corrected chi connectivity index (χ3v) is 4.60. The Morgan fingerprint density at radius 3 is 2.09 bits per heavy atom. The van der Waals surface area contributed by atoms with Crippen LogP contribution >= 0.6 is 0 Å². The van der Waals surface area contributed by atoms with E-state index in [1.54, 1.807) is 42.5 Å². The molecule has 0 saturated carbocycles. The molecule has 0 fully saturated rings. The molecule has 0 heterocycles. The van der Waals surface area contributed by atoms with Crippen molar-refractivity contribution in [1.82, 2.24) is 0 Å². The van der Waals surface area contributed by atoms with E-state index in [2.05, 4.69) is 0 Å². The van der Waals surface area contributed by atoms with E-state index in [-0.39, 0.29) is 5.69 Å². The molecule has 3 aromatic carbocycles. The molecule has 0 radical (unpaired) electrons. The lowest BCUT2D eigenvalue weighted by atomic mass is 10.2. The van der Waals surface area contributed by atoms with Gasteiger partial charge in [0.05, 0.1) is 16.3 Å². The highest BCUT2D eigenvalue weighted by Crippen LogP contribution is 2.30. The second kappa shape index (κ2) is 10.1. The Hall–Kier alpha value is -4.60. The molecular formula is C23H22N4O6. The largest absolute Gasteiger partial charge is 0.455 e. The van der Waals surface area contributed by atoms with Gasteiger partial charge in [0.25, 0.3) is 5.69 Å². The van der Waals surface area contributed by atoms with Gasteiger partial charge in [-0.25, -0.2) is 4.79 Å². The first-order valence-corrected chi connectivity index (χ1v) is 9.95. The smallest absolute Gasteiger partial charge is 0.323 e. The number of ether oxygens (including phenoxy) is 2. The van der Waals surface area contributed by atoms with E-state index in [1.165, 1.54) is 35.2 Å². The summed E-state index contributed by atoms with van der Waals surface area (Å²) in [6, 6.07) is 17.7. The molecule has 3 aromatic rings. The first-order valence-electron chi connectivity index (χ1n) is 9.95. The molecule has 0 aliphatic heterocycles. The van der Waals surface area contributed by atoms with Gasteiger partial charge >= 0.3 is 6.03 Å². The molecule has 0 saturated heterocycles. The van der Waals surface area contributed by atoms with Crippen LogP contribution < -0.4 is 25.8 Å². The first kappa shape index (κ1) is 23.1. The van der Waals surface area contributed by atoms with Crippen molar-refractivity contribution in [3.63, 3.8) is 0 Å². The lowest BCUT2D eigenvalue weighted by Crippen LogP contribution is -2.31. The molecule has 0 spiro atoms. The number of benzene rings is 3. The van der Waals surface area contributed by atoms with Gasteiger partial charge in [-0.05, 0) is 42.5 Å². The summed E-state index contributed by atoms with van der Waals surface area (Å²) in [7, 11) is 0. The quantitative estimate of drug-likeness (QED) is 0.284. The SMILES string of the molecule is CCC(Oc1cccc(C(N)=O)c1)Oc1cccc(N(C(N)=O)c2ccc([N+](=O)[O-])cc2)c1. The Morgan fingerprint density at radius 2 is 1.55 bits per heavy atom. The average Bonchev–Trinajstić information content (AvgIpc) is 2.79. The van der Waals surface area contributed by atoms with Gasteiger partial charge in [0.1, 0.15) is 11.5 Å². The van der Waals surface area contributed by atoms with Gasteiger partial charge in [0.2, 0.25) is 12.2 Å². The van der Waals surface area contributed by atoms with Crippen molar-refractivity contribution in [1.29, 1.82) is 0 Å². The Balaban J connectivity index is 1.81. The van der Waals surface area contributed by atoms with E-state index in [0.29, 0.717) is 34.9 Å². The van der Waals surface area contributed by atoms with Crippen LogP contribution in [0, 0.1) is 10.1 Å². The van der Waals surface area contributed by atoms with Crippen LogP contribution in [0.4, 0.5) is 21.9 Å². The van der Waals surface area contributed by atoms with Crippen LogP contribution in [0.3, 0.4) is 0 Å². The topological polar surface area (TPSA) is 151 Å². The molecule has 10 nitrogen and oxygen atoms in total. The van der Waals surface area contributed by atoms with Gasteiger partial charge in [0.15, 0.2) is 0 Å². The van der Waals surface area contributed by atoms with Crippen LogP contribution in [0.5, 0.6) is 11.5 Å². The fourth-order valence-electron chi connectivity index (χ4n) is 3.04. The van der Waals surface area contributed by atoms with Crippen LogP contribution in [0.15, 0.2) is 72.8 Å². The van der Waals surface area contributed by atoms with Crippen molar-refractivity contribution in [2.24, 2.45) is 11.5 Å². The summed E-state index contributed by atoms with van der Waals surface area (Å²) in [6.07, 6.45) is -0.211. The number of rotatable bonds is 9. The molecule has 1 atom stereocenters. The maximum absolute atomic E-state index is 12.1. The van der Waals surface area contributed by atoms with Gasteiger partial charge in [-0.1, -0.05) is 19.1 Å². The number of urea groups is 1. The molecule has 170 valence electrons. The maximum atomic E-state index is 12.1. The minimum absolute atomic E-state index is 0.108. The second-order valence-electron chi connectivity index (χ2n) is 6.91. The monoisotopic (exact) mass is 450 g/mol. The maximum Gasteiger partial charge on any atom is 0.323 e. The predicted octanol–water partition coefficient (Wildman–Crippen LogP) is 4.10. The molecule has 10 heteroatoms. The van der Waals surface area contributed by atoms with Crippen LogP contribution in [0.2, 0.25) is 0 Å². The number of hydrogen-bond donors (Lipinski definition) is 2. The third-order valence-electron chi connectivity index (χ3n) is 4.60. The normalized spacial score (nSPS) is 11.3. The number of carbonyl (C=O) groups excluding carboxylic acids is 2. The Bertz CT molecular complexity index is 1170. The molecule has 3 rings (SSSR count). The molecule has 33 heavy (non-hydrogen) atoms. The summed E-state index contributed by atoms with van der Waals surface area (Å²) in [4.78, 5) is 35.1. The summed E-state index contributed by atoms with van der Waals surface area (Å²) >= 11 is 0. The number of nitro groups is 1. The van der Waals surface area contributed by atoms with Gasteiger partial charge in [0, 0.05) is 30.2 Å². The number of carbonyl (C=O) groups is 2. The molecule has 1 unspecified atom stereocenters. The molecule has 0 aliphatic carbocycles. The zero-order chi connectivity index (χ0) is 24.0. The molecule has 0 bridgehead atoms. The number of primary amides is 2. The van der Waals surface area contributed by atoms with Crippen molar-refractivity contribution < 1.29 is 24.0 Å². The van der Waals surface area contributed by atoms with E-state index >= 15 is 0 Å². The van der Waals surface area contributed by atoms with Crippen molar-refractivity contribution in [2.45, 2.75) is 19.6 Å². The van der Waals surface area contributed by atoms with E-state index in [4.69, 9.17) is 20.9 Å². The lowest BCUT2D eigenvalue weighted by Gasteiger charge is -2.23. The predicted molar refractivity (Wildman–Crippen MR) is 122 cm³/mol. The average molecular weight is 450 g/mol. The van der Waals surface area contributed by atoms with E-state index < -0.39 is 23.2 Å². The summed E-state index contributed by atoms with van der Waals surface area (Å²) in [6.45, 7) is 1.86. The van der Waals surface area contributed by atoms with Gasteiger partial charge < -0.3 is 20.9 Å². The number of nitrogens with zero attached hydrogens (tertiary/aromatic N) is 2. The molecule has 0 aromatic heterocycles. The summed E-state index contributed by atoms with van der Waals surface area (Å²) in [5.74, 6) is 0.248. The second-order valence-corrected chi connectivity index (χ2v) is 6.91.